The molecule has 20 heavy (non-hydrogen) atoms. The van der Waals surface area contributed by atoms with Gasteiger partial charge in [0, 0.05) is 35.2 Å². The molecule has 0 radical (unpaired) electrons. The number of anilines is 1. The summed E-state index contributed by atoms with van der Waals surface area (Å²) in [4.78, 5) is 0. The van der Waals surface area contributed by atoms with Crippen molar-refractivity contribution in [3.05, 3.63) is 58.5 Å². The maximum absolute atomic E-state index is 4.34. The third-order valence-corrected chi connectivity index (χ3v) is 4.27. The minimum absolute atomic E-state index is 0.456. The summed E-state index contributed by atoms with van der Waals surface area (Å²) in [5, 5.41) is 12.0. The summed E-state index contributed by atoms with van der Waals surface area (Å²) in [7, 11) is 0. The first kappa shape index (κ1) is 11.9. The number of hydrogen-bond donors (Lipinski definition) is 1. The Bertz CT molecular complexity index is 780. The van der Waals surface area contributed by atoms with Gasteiger partial charge in [0.2, 0.25) is 0 Å². The number of para-hydroxylation sites is 1. The van der Waals surface area contributed by atoms with E-state index in [0.717, 1.165) is 28.9 Å². The lowest BCUT2D eigenvalue weighted by Gasteiger charge is -2.08. The van der Waals surface area contributed by atoms with Crippen LogP contribution in [0.4, 0.5) is 5.69 Å². The van der Waals surface area contributed by atoms with Crippen molar-refractivity contribution < 1.29 is 0 Å². The molecule has 1 aliphatic rings. The summed E-state index contributed by atoms with van der Waals surface area (Å²) < 4.78 is 3.10. The fraction of sp³-hybridized carbons (Fsp3) is 0.200. The van der Waals surface area contributed by atoms with Crippen LogP contribution in [0.3, 0.4) is 0 Å². The molecule has 0 aliphatic carbocycles. The molecule has 0 amide bonds. The standard InChI is InChI=1S/C15H13BrN4/c16-11-5-6-14-18-19-15(20(14)9-11)7-10-8-17-13-4-2-1-3-12(10)13/h1-6,9-10,17H,7-8H2. The van der Waals surface area contributed by atoms with Crippen molar-refractivity contribution in [3.63, 3.8) is 0 Å². The molecule has 0 fully saturated rings. The largest absolute Gasteiger partial charge is 0.384 e. The Hall–Kier alpha value is -1.88. The van der Waals surface area contributed by atoms with Crippen molar-refractivity contribution in [1.82, 2.24) is 14.6 Å². The second-order valence-electron chi connectivity index (χ2n) is 5.06. The van der Waals surface area contributed by atoms with Crippen LogP contribution in [-0.2, 0) is 6.42 Å². The SMILES string of the molecule is Brc1ccc2nnc(CC3CNc4ccccc43)n2c1. The van der Waals surface area contributed by atoms with Gasteiger partial charge >= 0.3 is 0 Å². The molecule has 5 heteroatoms. The maximum atomic E-state index is 4.34. The molecule has 1 atom stereocenters. The average molecular weight is 329 g/mol. The maximum Gasteiger partial charge on any atom is 0.160 e. The van der Waals surface area contributed by atoms with E-state index < -0.39 is 0 Å². The van der Waals surface area contributed by atoms with Crippen LogP contribution in [0.25, 0.3) is 5.65 Å². The lowest BCUT2D eigenvalue weighted by atomic mass is 9.98. The molecule has 100 valence electrons. The predicted octanol–water partition coefficient (Wildman–Crippen LogP) is 3.24. The number of rotatable bonds is 2. The summed E-state index contributed by atoms with van der Waals surface area (Å²) >= 11 is 3.50. The zero-order valence-corrected chi connectivity index (χ0v) is 12.3. The molecule has 1 aliphatic heterocycles. The molecule has 3 aromatic rings. The first-order valence-electron chi connectivity index (χ1n) is 6.63. The van der Waals surface area contributed by atoms with Gasteiger partial charge in [-0.15, -0.1) is 10.2 Å². The van der Waals surface area contributed by atoms with E-state index in [9.17, 15) is 0 Å². The molecule has 1 aromatic carbocycles. The van der Waals surface area contributed by atoms with Crippen molar-refractivity contribution in [3.8, 4) is 0 Å². The monoisotopic (exact) mass is 328 g/mol. The highest BCUT2D eigenvalue weighted by Crippen LogP contribution is 2.33. The van der Waals surface area contributed by atoms with Gasteiger partial charge in [-0.1, -0.05) is 18.2 Å². The number of hydrogen-bond acceptors (Lipinski definition) is 3. The highest BCUT2D eigenvalue weighted by atomic mass is 79.9. The van der Waals surface area contributed by atoms with Crippen LogP contribution in [0.2, 0.25) is 0 Å². The fourth-order valence-corrected chi connectivity index (χ4v) is 3.15. The van der Waals surface area contributed by atoms with Crippen LogP contribution in [0.15, 0.2) is 47.1 Å². The Balaban J connectivity index is 1.70. The highest BCUT2D eigenvalue weighted by molar-refractivity contribution is 9.10. The van der Waals surface area contributed by atoms with E-state index in [0.29, 0.717) is 5.92 Å². The second kappa shape index (κ2) is 4.59. The van der Waals surface area contributed by atoms with E-state index in [1.165, 1.54) is 11.3 Å². The molecule has 4 rings (SSSR count). The summed E-state index contributed by atoms with van der Waals surface area (Å²) in [5.41, 5.74) is 3.51. The van der Waals surface area contributed by atoms with E-state index in [4.69, 9.17) is 0 Å². The number of benzene rings is 1. The molecule has 0 bridgehead atoms. The Morgan fingerprint density at radius 2 is 2.10 bits per heavy atom. The van der Waals surface area contributed by atoms with E-state index in [1.54, 1.807) is 0 Å². The quantitative estimate of drug-likeness (QED) is 0.785. The lowest BCUT2D eigenvalue weighted by molar-refractivity contribution is 0.704. The Labute approximate surface area is 125 Å². The van der Waals surface area contributed by atoms with Crippen LogP contribution in [0.5, 0.6) is 0 Å². The van der Waals surface area contributed by atoms with Gasteiger partial charge in [0.15, 0.2) is 5.65 Å². The Morgan fingerprint density at radius 1 is 1.20 bits per heavy atom. The first-order chi connectivity index (χ1) is 9.81. The van der Waals surface area contributed by atoms with Crippen molar-refractivity contribution in [2.45, 2.75) is 12.3 Å². The summed E-state index contributed by atoms with van der Waals surface area (Å²) in [5.74, 6) is 1.46. The number of fused-ring (bicyclic) bond motifs is 2. The third kappa shape index (κ3) is 1.89. The van der Waals surface area contributed by atoms with Gasteiger partial charge < -0.3 is 5.32 Å². The van der Waals surface area contributed by atoms with Crippen LogP contribution in [-0.4, -0.2) is 21.1 Å². The summed E-state index contributed by atoms with van der Waals surface area (Å²) in [6.45, 7) is 0.961. The van der Waals surface area contributed by atoms with Crippen LogP contribution >= 0.6 is 15.9 Å². The van der Waals surface area contributed by atoms with Crippen LogP contribution < -0.4 is 5.32 Å². The molecular formula is C15H13BrN4. The molecule has 0 saturated carbocycles. The number of aromatic nitrogens is 3. The molecule has 2 aromatic heterocycles. The number of nitrogens with zero attached hydrogens (tertiary/aromatic N) is 3. The van der Waals surface area contributed by atoms with Crippen molar-refractivity contribution in [1.29, 1.82) is 0 Å². The summed E-state index contributed by atoms with van der Waals surface area (Å²) in [6, 6.07) is 12.4. The number of nitrogens with one attached hydrogen (secondary N) is 1. The van der Waals surface area contributed by atoms with Gasteiger partial charge in [-0.2, -0.15) is 0 Å². The normalized spacial score (nSPS) is 17.1. The van der Waals surface area contributed by atoms with Gasteiger partial charge in [-0.3, -0.25) is 4.40 Å². The van der Waals surface area contributed by atoms with Gasteiger partial charge in [-0.25, -0.2) is 0 Å². The second-order valence-corrected chi connectivity index (χ2v) is 5.98. The molecule has 4 nitrogen and oxygen atoms in total. The molecule has 3 heterocycles. The highest BCUT2D eigenvalue weighted by Gasteiger charge is 2.23. The van der Waals surface area contributed by atoms with E-state index in [2.05, 4.69) is 60.1 Å². The minimum Gasteiger partial charge on any atom is -0.384 e. The Morgan fingerprint density at radius 3 is 3.05 bits per heavy atom. The zero-order chi connectivity index (χ0) is 13.5. The van der Waals surface area contributed by atoms with Gasteiger partial charge in [0.1, 0.15) is 5.82 Å². The molecular weight excluding hydrogens is 316 g/mol. The number of halogens is 1. The van der Waals surface area contributed by atoms with Crippen molar-refractivity contribution >= 4 is 27.3 Å². The topological polar surface area (TPSA) is 42.2 Å². The van der Waals surface area contributed by atoms with Gasteiger partial charge in [-0.05, 0) is 39.7 Å². The molecule has 1 unspecified atom stereocenters. The zero-order valence-electron chi connectivity index (χ0n) is 10.8. The first-order valence-corrected chi connectivity index (χ1v) is 7.42. The van der Waals surface area contributed by atoms with Crippen molar-refractivity contribution in [2.75, 3.05) is 11.9 Å². The Kier molecular flexibility index (Phi) is 2.73. The minimum atomic E-state index is 0.456. The van der Waals surface area contributed by atoms with E-state index in [-0.39, 0.29) is 0 Å². The van der Waals surface area contributed by atoms with Crippen LogP contribution in [0.1, 0.15) is 17.3 Å². The summed E-state index contributed by atoms with van der Waals surface area (Å²) in [6.07, 6.45) is 2.92. The van der Waals surface area contributed by atoms with Crippen molar-refractivity contribution in [2.24, 2.45) is 0 Å². The smallest absolute Gasteiger partial charge is 0.160 e. The number of pyridine rings is 1. The lowest BCUT2D eigenvalue weighted by Crippen LogP contribution is -2.08. The van der Waals surface area contributed by atoms with E-state index in [1.807, 2.05) is 18.3 Å². The molecule has 0 spiro atoms. The van der Waals surface area contributed by atoms with Crippen LogP contribution in [0, 0.1) is 0 Å². The third-order valence-electron chi connectivity index (χ3n) is 3.81. The fourth-order valence-electron chi connectivity index (χ4n) is 2.81. The predicted molar refractivity (Wildman–Crippen MR) is 82.1 cm³/mol. The molecule has 1 N–H and O–H groups in total. The molecule has 0 saturated heterocycles. The average Bonchev–Trinajstić information content (AvgIpc) is 3.05. The van der Waals surface area contributed by atoms with Gasteiger partial charge in [0.25, 0.3) is 0 Å². The van der Waals surface area contributed by atoms with Gasteiger partial charge in [0.05, 0.1) is 0 Å². The van der Waals surface area contributed by atoms with E-state index >= 15 is 0 Å².